The molecule has 0 amide bonds. The molecule has 1 aliphatic rings. The van der Waals surface area contributed by atoms with Gasteiger partial charge in [0, 0.05) is 13.1 Å². The van der Waals surface area contributed by atoms with Crippen LogP contribution in [-0.2, 0) is 4.74 Å². The molecule has 0 aliphatic carbocycles. The molecule has 0 spiro atoms. The van der Waals surface area contributed by atoms with Crippen molar-refractivity contribution >= 4 is 0 Å². The standard InChI is InChI=1S/C7H15NO2/c1-6(9)7(2)5-8-3-4-10-7/h6,8-9H,3-5H2,1-2H3. The number of rotatable bonds is 1. The van der Waals surface area contributed by atoms with Crippen molar-refractivity contribution in [3.63, 3.8) is 0 Å². The molecule has 3 heteroatoms. The van der Waals surface area contributed by atoms with Crippen LogP contribution in [0.1, 0.15) is 13.8 Å². The monoisotopic (exact) mass is 145 g/mol. The molecule has 0 aromatic heterocycles. The van der Waals surface area contributed by atoms with Gasteiger partial charge >= 0.3 is 0 Å². The van der Waals surface area contributed by atoms with Gasteiger partial charge in [-0.1, -0.05) is 0 Å². The molecular formula is C7H15NO2. The molecule has 2 unspecified atom stereocenters. The first-order valence-electron chi connectivity index (χ1n) is 3.68. The smallest absolute Gasteiger partial charge is 0.103 e. The molecule has 0 radical (unpaired) electrons. The summed E-state index contributed by atoms with van der Waals surface area (Å²) in [7, 11) is 0. The molecule has 1 saturated heterocycles. The molecule has 0 aromatic carbocycles. The molecule has 1 rings (SSSR count). The maximum atomic E-state index is 9.27. The molecule has 0 bridgehead atoms. The van der Waals surface area contributed by atoms with Crippen molar-refractivity contribution in [1.29, 1.82) is 0 Å². The summed E-state index contributed by atoms with van der Waals surface area (Å²) in [6.07, 6.45) is -0.403. The summed E-state index contributed by atoms with van der Waals surface area (Å²) in [4.78, 5) is 0. The first-order valence-corrected chi connectivity index (χ1v) is 3.68. The normalized spacial score (nSPS) is 37.5. The van der Waals surface area contributed by atoms with Crippen LogP contribution in [0.2, 0.25) is 0 Å². The van der Waals surface area contributed by atoms with E-state index in [4.69, 9.17) is 4.74 Å². The third kappa shape index (κ3) is 1.48. The van der Waals surface area contributed by atoms with Crippen molar-refractivity contribution < 1.29 is 9.84 Å². The van der Waals surface area contributed by atoms with Crippen molar-refractivity contribution in [2.45, 2.75) is 25.6 Å². The van der Waals surface area contributed by atoms with Gasteiger partial charge in [0.15, 0.2) is 0 Å². The molecular weight excluding hydrogens is 130 g/mol. The molecule has 3 nitrogen and oxygen atoms in total. The average molecular weight is 145 g/mol. The van der Waals surface area contributed by atoms with Crippen LogP contribution < -0.4 is 5.32 Å². The van der Waals surface area contributed by atoms with Crippen LogP contribution >= 0.6 is 0 Å². The zero-order chi connectivity index (χ0) is 7.61. The highest BCUT2D eigenvalue weighted by molar-refractivity contribution is 4.86. The van der Waals surface area contributed by atoms with Crippen molar-refractivity contribution in [3.8, 4) is 0 Å². The maximum Gasteiger partial charge on any atom is 0.103 e. The second-order valence-corrected chi connectivity index (χ2v) is 3.01. The Labute approximate surface area is 61.4 Å². The van der Waals surface area contributed by atoms with E-state index in [1.54, 1.807) is 6.92 Å². The minimum Gasteiger partial charge on any atom is -0.390 e. The van der Waals surface area contributed by atoms with Gasteiger partial charge in [-0.2, -0.15) is 0 Å². The van der Waals surface area contributed by atoms with Crippen LogP contribution in [0.3, 0.4) is 0 Å². The Morgan fingerprint density at radius 2 is 2.40 bits per heavy atom. The van der Waals surface area contributed by atoms with Gasteiger partial charge in [0.2, 0.25) is 0 Å². The lowest BCUT2D eigenvalue weighted by Gasteiger charge is -2.36. The van der Waals surface area contributed by atoms with Gasteiger partial charge in [-0.15, -0.1) is 0 Å². The summed E-state index contributed by atoms with van der Waals surface area (Å²) >= 11 is 0. The summed E-state index contributed by atoms with van der Waals surface area (Å²) in [5.74, 6) is 0. The van der Waals surface area contributed by atoms with E-state index in [2.05, 4.69) is 5.32 Å². The fraction of sp³-hybridized carbons (Fsp3) is 1.00. The lowest BCUT2D eigenvalue weighted by Crippen LogP contribution is -2.53. The van der Waals surface area contributed by atoms with Gasteiger partial charge in [0.05, 0.1) is 12.7 Å². The highest BCUT2D eigenvalue weighted by Crippen LogP contribution is 2.16. The van der Waals surface area contributed by atoms with E-state index >= 15 is 0 Å². The SMILES string of the molecule is CC(O)C1(C)CNCCO1. The van der Waals surface area contributed by atoms with Crippen LogP contribution in [-0.4, -0.2) is 36.5 Å². The summed E-state index contributed by atoms with van der Waals surface area (Å²) in [5.41, 5.74) is -0.377. The van der Waals surface area contributed by atoms with Crippen LogP contribution in [0, 0.1) is 0 Å². The zero-order valence-corrected chi connectivity index (χ0v) is 6.55. The second-order valence-electron chi connectivity index (χ2n) is 3.01. The minimum atomic E-state index is -0.403. The predicted molar refractivity (Wildman–Crippen MR) is 38.9 cm³/mol. The fourth-order valence-corrected chi connectivity index (χ4v) is 1.01. The Hall–Kier alpha value is -0.120. The van der Waals surface area contributed by atoms with Crippen LogP contribution in [0.4, 0.5) is 0 Å². The van der Waals surface area contributed by atoms with Crippen LogP contribution in [0.15, 0.2) is 0 Å². The number of aliphatic hydroxyl groups is 1. The Balaban J connectivity index is 2.48. The lowest BCUT2D eigenvalue weighted by molar-refractivity contribution is -0.119. The van der Waals surface area contributed by atoms with Gasteiger partial charge in [-0.25, -0.2) is 0 Å². The topological polar surface area (TPSA) is 41.5 Å². The summed E-state index contributed by atoms with van der Waals surface area (Å²) in [6, 6.07) is 0. The molecule has 10 heavy (non-hydrogen) atoms. The van der Waals surface area contributed by atoms with E-state index in [1.165, 1.54) is 0 Å². The Morgan fingerprint density at radius 1 is 1.70 bits per heavy atom. The number of hydrogen-bond donors (Lipinski definition) is 2. The number of hydrogen-bond acceptors (Lipinski definition) is 3. The maximum absolute atomic E-state index is 9.27. The summed E-state index contributed by atoms with van der Waals surface area (Å²) in [6.45, 7) is 6.01. The molecule has 2 N–H and O–H groups in total. The van der Waals surface area contributed by atoms with Gasteiger partial charge in [0.1, 0.15) is 5.60 Å². The van der Waals surface area contributed by atoms with E-state index in [1.807, 2.05) is 6.92 Å². The molecule has 1 fully saturated rings. The van der Waals surface area contributed by atoms with E-state index < -0.39 is 6.10 Å². The first kappa shape index (κ1) is 7.98. The first-order chi connectivity index (χ1) is 4.65. The second kappa shape index (κ2) is 2.86. The third-order valence-electron chi connectivity index (χ3n) is 2.07. The van der Waals surface area contributed by atoms with Gasteiger partial charge < -0.3 is 15.2 Å². The Bertz CT molecular complexity index is 108. The molecule has 0 aromatic rings. The van der Waals surface area contributed by atoms with E-state index in [9.17, 15) is 5.11 Å². The molecule has 1 aliphatic heterocycles. The van der Waals surface area contributed by atoms with Gasteiger partial charge in [0.25, 0.3) is 0 Å². The zero-order valence-electron chi connectivity index (χ0n) is 6.55. The van der Waals surface area contributed by atoms with E-state index in [0.717, 1.165) is 13.1 Å². The highest BCUT2D eigenvalue weighted by atomic mass is 16.5. The number of ether oxygens (including phenoxy) is 1. The van der Waals surface area contributed by atoms with Gasteiger partial charge in [-0.3, -0.25) is 0 Å². The summed E-state index contributed by atoms with van der Waals surface area (Å²) < 4.78 is 5.41. The number of aliphatic hydroxyl groups excluding tert-OH is 1. The van der Waals surface area contributed by atoms with Gasteiger partial charge in [-0.05, 0) is 13.8 Å². The van der Waals surface area contributed by atoms with Crippen molar-refractivity contribution in [2.75, 3.05) is 19.7 Å². The number of morpholine rings is 1. The fourth-order valence-electron chi connectivity index (χ4n) is 1.01. The third-order valence-corrected chi connectivity index (χ3v) is 2.07. The average Bonchev–Trinajstić information content (AvgIpc) is 1.89. The van der Waals surface area contributed by atoms with E-state index in [0.29, 0.717) is 6.61 Å². The van der Waals surface area contributed by atoms with Crippen molar-refractivity contribution in [3.05, 3.63) is 0 Å². The predicted octanol–water partition coefficient (Wildman–Crippen LogP) is -0.254. The summed E-state index contributed by atoms with van der Waals surface area (Å²) in [5, 5.41) is 12.4. The molecule has 0 saturated carbocycles. The minimum absolute atomic E-state index is 0.377. The lowest BCUT2D eigenvalue weighted by atomic mass is 9.99. The van der Waals surface area contributed by atoms with E-state index in [-0.39, 0.29) is 5.60 Å². The molecule has 1 heterocycles. The largest absolute Gasteiger partial charge is 0.390 e. The van der Waals surface area contributed by atoms with Crippen LogP contribution in [0.25, 0.3) is 0 Å². The van der Waals surface area contributed by atoms with Crippen LogP contribution in [0.5, 0.6) is 0 Å². The quantitative estimate of drug-likeness (QED) is 0.534. The Kier molecular flexibility index (Phi) is 2.28. The Morgan fingerprint density at radius 3 is 2.70 bits per heavy atom. The molecule has 2 atom stereocenters. The molecule has 60 valence electrons. The highest BCUT2D eigenvalue weighted by Gasteiger charge is 2.32. The van der Waals surface area contributed by atoms with Crippen molar-refractivity contribution in [1.82, 2.24) is 5.32 Å². The number of nitrogens with one attached hydrogen (secondary N) is 1. The van der Waals surface area contributed by atoms with Crippen molar-refractivity contribution in [2.24, 2.45) is 0 Å².